The summed E-state index contributed by atoms with van der Waals surface area (Å²) in [5, 5.41) is 11.2. The smallest absolute Gasteiger partial charge is 0.312 e. The van der Waals surface area contributed by atoms with E-state index >= 15 is 0 Å². The second kappa shape index (κ2) is 8.13. The zero-order chi connectivity index (χ0) is 21.2. The third kappa shape index (κ3) is 4.20. The molecule has 1 saturated heterocycles. The van der Waals surface area contributed by atoms with Crippen LogP contribution in [0.4, 0.5) is 10.1 Å². The maximum atomic E-state index is 13.3. The number of carbonyl (C=O) groups excluding carboxylic acids is 1. The average Bonchev–Trinajstić information content (AvgIpc) is 2.72. The molecule has 0 radical (unpaired) electrons. The van der Waals surface area contributed by atoms with Crippen molar-refractivity contribution in [3.8, 4) is 5.75 Å². The quantitative estimate of drug-likeness (QED) is 0.537. The zero-order valence-electron chi connectivity index (χ0n) is 15.4. The van der Waals surface area contributed by atoms with Crippen molar-refractivity contribution in [1.29, 1.82) is 0 Å². The Balaban J connectivity index is 1.75. The molecule has 3 rings (SSSR count). The van der Waals surface area contributed by atoms with E-state index in [1.165, 1.54) is 42.3 Å². The summed E-state index contributed by atoms with van der Waals surface area (Å²) in [7, 11) is -2.73. The Morgan fingerprint density at radius 3 is 2.41 bits per heavy atom. The van der Waals surface area contributed by atoms with Crippen LogP contribution >= 0.6 is 0 Å². The third-order valence-corrected chi connectivity index (χ3v) is 6.48. The van der Waals surface area contributed by atoms with E-state index < -0.39 is 26.5 Å². The molecule has 0 saturated carbocycles. The molecule has 1 aliphatic heterocycles. The fourth-order valence-corrected chi connectivity index (χ4v) is 4.50. The lowest BCUT2D eigenvalue weighted by atomic mass is 10.2. The second-order valence-electron chi connectivity index (χ2n) is 6.30. The van der Waals surface area contributed by atoms with Crippen molar-refractivity contribution < 1.29 is 27.3 Å². The number of nitro benzene ring substituents is 1. The number of benzene rings is 2. The van der Waals surface area contributed by atoms with Crippen molar-refractivity contribution >= 4 is 21.6 Å². The Bertz CT molecular complexity index is 1050. The molecule has 0 N–H and O–H groups in total. The van der Waals surface area contributed by atoms with Crippen LogP contribution in [0.1, 0.15) is 10.4 Å². The predicted molar refractivity (Wildman–Crippen MR) is 101 cm³/mol. The van der Waals surface area contributed by atoms with Crippen LogP contribution in [0.3, 0.4) is 0 Å². The topological polar surface area (TPSA) is 110 Å². The number of nitrogens with zero attached hydrogens (tertiary/aromatic N) is 3. The molecule has 2 aromatic rings. The molecule has 0 atom stereocenters. The van der Waals surface area contributed by atoms with Crippen molar-refractivity contribution in [3.63, 3.8) is 0 Å². The summed E-state index contributed by atoms with van der Waals surface area (Å²) in [5.74, 6) is -0.959. The molecule has 1 fully saturated rings. The van der Waals surface area contributed by atoms with Gasteiger partial charge in [-0.2, -0.15) is 4.31 Å². The van der Waals surface area contributed by atoms with E-state index in [0.29, 0.717) is 0 Å². The van der Waals surface area contributed by atoms with Gasteiger partial charge in [-0.1, -0.05) is 6.07 Å². The molecule has 1 aliphatic rings. The van der Waals surface area contributed by atoms with Crippen LogP contribution in [0.25, 0.3) is 0 Å². The number of halogens is 1. The number of nitro groups is 1. The SMILES string of the molecule is COc1ccc(S(=O)(=O)N2CCN(C(=O)c3cccc(F)c3)CC2)cc1[N+](=O)[O-]. The number of hydrogen-bond donors (Lipinski definition) is 0. The van der Waals surface area contributed by atoms with Gasteiger partial charge in [-0.3, -0.25) is 14.9 Å². The zero-order valence-corrected chi connectivity index (χ0v) is 16.3. The van der Waals surface area contributed by atoms with Crippen LogP contribution in [0.5, 0.6) is 5.75 Å². The molecule has 0 unspecified atom stereocenters. The summed E-state index contributed by atoms with van der Waals surface area (Å²) in [5.41, 5.74) is -0.263. The minimum atomic E-state index is -3.99. The molecule has 0 aromatic heterocycles. The van der Waals surface area contributed by atoms with E-state index in [1.807, 2.05) is 0 Å². The van der Waals surface area contributed by atoms with Gasteiger partial charge in [0, 0.05) is 37.8 Å². The van der Waals surface area contributed by atoms with Crippen molar-refractivity contribution in [2.45, 2.75) is 4.90 Å². The first-order valence-electron chi connectivity index (χ1n) is 8.61. The summed E-state index contributed by atoms with van der Waals surface area (Å²) < 4.78 is 45.1. The summed E-state index contributed by atoms with van der Waals surface area (Å²) in [6, 6.07) is 8.71. The number of carbonyl (C=O) groups is 1. The van der Waals surface area contributed by atoms with E-state index in [4.69, 9.17) is 4.74 Å². The highest BCUT2D eigenvalue weighted by Crippen LogP contribution is 2.30. The predicted octanol–water partition coefficient (Wildman–Crippen LogP) is 1.89. The van der Waals surface area contributed by atoms with Gasteiger partial charge in [0.15, 0.2) is 5.75 Å². The van der Waals surface area contributed by atoms with Gasteiger partial charge >= 0.3 is 5.69 Å². The van der Waals surface area contributed by atoms with Crippen LogP contribution in [-0.2, 0) is 10.0 Å². The first-order chi connectivity index (χ1) is 13.7. The Hall–Kier alpha value is -3.05. The molecule has 29 heavy (non-hydrogen) atoms. The maximum absolute atomic E-state index is 13.3. The average molecular weight is 423 g/mol. The highest BCUT2D eigenvalue weighted by Gasteiger charge is 2.32. The van der Waals surface area contributed by atoms with E-state index in [0.717, 1.165) is 16.4 Å². The van der Waals surface area contributed by atoms with Gasteiger partial charge in [-0.25, -0.2) is 12.8 Å². The van der Waals surface area contributed by atoms with Crippen LogP contribution in [-0.4, -0.2) is 61.7 Å². The molecule has 0 bridgehead atoms. The molecule has 154 valence electrons. The van der Waals surface area contributed by atoms with Gasteiger partial charge in [0.1, 0.15) is 5.82 Å². The van der Waals surface area contributed by atoms with Crippen molar-refractivity contribution in [3.05, 3.63) is 64.0 Å². The normalized spacial score (nSPS) is 15.2. The van der Waals surface area contributed by atoms with Gasteiger partial charge in [0.05, 0.1) is 16.9 Å². The fraction of sp³-hybridized carbons (Fsp3) is 0.278. The standard InChI is InChI=1S/C18H18FN3O6S/c1-28-17-6-5-15(12-16(17)22(24)25)29(26,27)21-9-7-20(8-10-21)18(23)13-3-2-4-14(19)11-13/h2-6,11-12H,7-10H2,1H3. The number of rotatable bonds is 5. The van der Waals surface area contributed by atoms with Gasteiger partial charge in [-0.15, -0.1) is 0 Å². The third-order valence-electron chi connectivity index (χ3n) is 4.58. The molecular weight excluding hydrogens is 405 g/mol. The summed E-state index contributed by atoms with van der Waals surface area (Å²) in [6.07, 6.45) is 0. The lowest BCUT2D eigenvalue weighted by Crippen LogP contribution is -2.50. The lowest BCUT2D eigenvalue weighted by molar-refractivity contribution is -0.386. The van der Waals surface area contributed by atoms with Crippen molar-refractivity contribution in [2.75, 3.05) is 33.3 Å². The first-order valence-corrected chi connectivity index (χ1v) is 10.1. The number of ether oxygens (including phenoxy) is 1. The van der Waals surface area contributed by atoms with E-state index in [1.54, 1.807) is 0 Å². The fourth-order valence-electron chi connectivity index (χ4n) is 3.06. The minimum Gasteiger partial charge on any atom is -0.490 e. The van der Waals surface area contributed by atoms with Crippen molar-refractivity contribution in [1.82, 2.24) is 9.21 Å². The minimum absolute atomic E-state index is 0.0171. The Kier molecular flexibility index (Phi) is 5.80. The molecule has 0 aliphatic carbocycles. The number of piperazine rings is 1. The van der Waals surface area contributed by atoms with E-state index in [-0.39, 0.29) is 48.3 Å². The monoisotopic (exact) mass is 423 g/mol. The Labute approximate surface area is 166 Å². The Morgan fingerprint density at radius 2 is 1.83 bits per heavy atom. The largest absolute Gasteiger partial charge is 0.490 e. The van der Waals surface area contributed by atoms with E-state index in [2.05, 4.69) is 0 Å². The number of hydrogen-bond acceptors (Lipinski definition) is 6. The molecule has 2 aromatic carbocycles. The molecule has 0 spiro atoms. The summed E-state index contributed by atoms with van der Waals surface area (Å²) in [4.78, 5) is 24.1. The summed E-state index contributed by atoms with van der Waals surface area (Å²) in [6.45, 7) is 0.270. The number of amides is 1. The summed E-state index contributed by atoms with van der Waals surface area (Å²) >= 11 is 0. The molecule has 1 heterocycles. The van der Waals surface area contributed by atoms with E-state index in [9.17, 15) is 27.7 Å². The highest BCUT2D eigenvalue weighted by molar-refractivity contribution is 7.89. The molecule has 1 amide bonds. The van der Waals surface area contributed by atoms with Crippen LogP contribution in [0.15, 0.2) is 47.4 Å². The van der Waals surface area contributed by atoms with Gasteiger partial charge < -0.3 is 9.64 Å². The van der Waals surface area contributed by atoms with Crippen LogP contribution in [0, 0.1) is 15.9 Å². The lowest BCUT2D eigenvalue weighted by Gasteiger charge is -2.34. The number of methoxy groups -OCH3 is 1. The van der Waals surface area contributed by atoms with Crippen molar-refractivity contribution in [2.24, 2.45) is 0 Å². The second-order valence-corrected chi connectivity index (χ2v) is 8.24. The van der Waals surface area contributed by atoms with Crippen LogP contribution < -0.4 is 4.74 Å². The number of sulfonamides is 1. The first kappa shape index (κ1) is 20.7. The molecule has 11 heteroatoms. The van der Waals surface area contributed by atoms with Crippen LogP contribution in [0.2, 0.25) is 0 Å². The van der Waals surface area contributed by atoms with Gasteiger partial charge in [0.25, 0.3) is 5.91 Å². The Morgan fingerprint density at radius 1 is 1.14 bits per heavy atom. The molecular formula is C18H18FN3O6S. The van der Waals surface area contributed by atoms with Gasteiger partial charge in [0.2, 0.25) is 10.0 Å². The molecule has 9 nitrogen and oxygen atoms in total. The van der Waals surface area contributed by atoms with Gasteiger partial charge in [-0.05, 0) is 30.3 Å². The maximum Gasteiger partial charge on any atom is 0.312 e. The highest BCUT2D eigenvalue weighted by atomic mass is 32.2.